The van der Waals surface area contributed by atoms with E-state index in [1.807, 2.05) is 60.5 Å². The predicted octanol–water partition coefficient (Wildman–Crippen LogP) is 6.05. The molecule has 0 radical (unpaired) electrons. The quantitative estimate of drug-likeness (QED) is 0.462. The fourth-order valence-electron chi connectivity index (χ4n) is 4.05. The summed E-state index contributed by atoms with van der Waals surface area (Å²) in [5.41, 5.74) is 3.21. The molecule has 1 aliphatic rings. The molecule has 5 nitrogen and oxygen atoms in total. The number of anilines is 2. The molecule has 4 rings (SSSR count). The normalized spacial score (nSPS) is 15.7. The third kappa shape index (κ3) is 5.33. The van der Waals surface area contributed by atoms with Crippen LogP contribution in [0, 0.1) is 6.92 Å². The van der Waals surface area contributed by atoms with E-state index < -0.39 is 5.92 Å². The SMILES string of the molecule is CSc1cccc(NC(=O)c2c(N3CCCC(F)(F)CC3)ncc(-c3ccccn3)c2C)c1. The number of hydrogen-bond acceptors (Lipinski definition) is 5. The number of aromatic nitrogens is 2. The van der Waals surface area contributed by atoms with Crippen LogP contribution in [0.5, 0.6) is 0 Å². The molecule has 0 saturated carbocycles. The van der Waals surface area contributed by atoms with Crippen LogP contribution in [0.3, 0.4) is 0 Å². The topological polar surface area (TPSA) is 58.1 Å². The number of hydrogen-bond donors (Lipinski definition) is 1. The van der Waals surface area contributed by atoms with Crippen LogP contribution in [0.4, 0.5) is 20.3 Å². The predicted molar refractivity (Wildman–Crippen MR) is 129 cm³/mol. The Bertz CT molecular complexity index is 1140. The number of carbonyl (C=O) groups is 1. The molecule has 1 aliphatic heterocycles. The van der Waals surface area contributed by atoms with Crippen molar-refractivity contribution in [1.29, 1.82) is 0 Å². The molecule has 1 aromatic carbocycles. The van der Waals surface area contributed by atoms with Crippen molar-refractivity contribution in [3.8, 4) is 11.3 Å². The van der Waals surface area contributed by atoms with Crippen LogP contribution < -0.4 is 10.2 Å². The molecule has 2 aromatic heterocycles. The van der Waals surface area contributed by atoms with Gasteiger partial charge in [0.25, 0.3) is 5.91 Å². The number of nitrogens with zero attached hydrogens (tertiary/aromatic N) is 3. The van der Waals surface area contributed by atoms with Gasteiger partial charge in [0.2, 0.25) is 5.92 Å². The zero-order chi connectivity index (χ0) is 23.4. The zero-order valence-corrected chi connectivity index (χ0v) is 19.5. The highest BCUT2D eigenvalue weighted by Crippen LogP contribution is 2.34. The minimum absolute atomic E-state index is 0.143. The summed E-state index contributed by atoms with van der Waals surface area (Å²) in [5.74, 6) is -2.58. The standard InChI is InChI=1S/C25H26F2N4OS/c1-17-20(21-9-3-4-12-28-21)16-29-23(31-13-6-10-25(26,27)11-14-31)22(17)24(32)30-18-7-5-8-19(15-18)33-2/h3-5,7-9,12,15-16H,6,10-11,13-14H2,1-2H3,(H,30,32). The van der Waals surface area contributed by atoms with Crippen LogP contribution >= 0.6 is 11.8 Å². The van der Waals surface area contributed by atoms with Gasteiger partial charge in [-0.05, 0) is 55.5 Å². The molecular weight excluding hydrogens is 442 g/mol. The number of benzene rings is 1. The largest absolute Gasteiger partial charge is 0.356 e. The first-order chi connectivity index (χ1) is 15.9. The van der Waals surface area contributed by atoms with Gasteiger partial charge in [0.15, 0.2) is 0 Å². The van der Waals surface area contributed by atoms with E-state index in [9.17, 15) is 13.6 Å². The Morgan fingerprint density at radius 3 is 2.73 bits per heavy atom. The molecule has 0 unspecified atom stereocenters. The lowest BCUT2D eigenvalue weighted by Crippen LogP contribution is -2.30. The summed E-state index contributed by atoms with van der Waals surface area (Å²) >= 11 is 1.59. The average Bonchev–Trinajstić information content (AvgIpc) is 2.99. The molecule has 0 spiro atoms. The van der Waals surface area contributed by atoms with Gasteiger partial charge in [0.1, 0.15) is 5.82 Å². The van der Waals surface area contributed by atoms with Gasteiger partial charge in [-0.25, -0.2) is 13.8 Å². The zero-order valence-electron chi connectivity index (χ0n) is 18.6. The smallest absolute Gasteiger partial charge is 0.259 e. The van der Waals surface area contributed by atoms with Gasteiger partial charge in [-0.3, -0.25) is 9.78 Å². The summed E-state index contributed by atoms with van der Waals surface area (Å²) in [4.78, 5) is 25.4. The molecular formula is C25H26F2N4OS. The number of alkyl halides is 2. The molecule has 1 N–H and O–H groups in total. The summed E-state index contributed by atoms with van der Waals surface area (Å²) in [6.07, 6.45) is 5.27. The van der Waals surface area contributed by atoms with Crippen molar-refractivity contribution >= 4 is 29.2 Å². The van der Waals surface area contributed by atoms with Crippen molar-refractivity contribution in [1.82, 2.24) is 9.97 Å². The molecule has 0 bridgehead atoms. The first kappa shape index (κ1) is 23.2. The Labute approximate surface area is 196 Å². The Hall–Kier alpha value is -3.00. The van der Waals surface area contributed by atoms with E-state index >= 15 is 0 Å². The first-order valence-electron chi connectivity index (χ1n) is 10.9. The Balaban J connectivity index is 1.76. The lowest BCUT2D eigenvalue weighted by molar-refractivity contribution is -0.0102. The number of carbonyl (C=O) groups excluding carboxylic acids is 1. The minimum atomic E-state index is -2.70. The maximum Gasteiger partial charge on any atom is 0.259 e. The number of halogens is 2. The molecule has 8 heteroatoms. The van der Waals surface area contributed by atoms with Crippen molar-refractivity contribution in [3.63, 3.8) is 0 Å². The number of rotatable bonds is 5. The highest BCUT2D eigenvalue weighted by molar-refractivity contribution is 7.98. The van der Waals surface area contributed by atoms with Crippen molar-refractivity contribution in [2.75, 3.05) is 29.6 Å². The van der Waals surface area contributed by atoms with Gasteiger partial charge in [-0.1, -0.05) is 12.1 Å². The van der Waals surface area contributed by atoms with E-state index in [0.29, 0.717) is 41.3 Å². The van der Waals surface area contributed by atoms with Gasteiger partial charge < -0.3 is 10.2 Å². The van der Waals surface area contributed by atoms with Gasteiger partial charge >= 0.3 is 0 Å². The van der Waals surface area contributed by atoms with Crippen LogP contribution in [0.25, 0.3) is 11.3 Å². The van der Waals surface area contributed by atoms with Gasteiger partial charge in [0, 0.05) is 54.5 Å². The third-order valence-corrected chi connectivity index (χ3v) is 6.56. The Morgan fingerprint density at radius 1 is 1.12 bits per heavy atom. The molecule has 3 aromatic rings. The van der Waals surface area contributed by atoms with Gasteiger partial charge in [-0.15, -0.1) is 11.8 Å². The fraction of sp³-hybridized carbons (Fsp3) is 0.320. The third-order valence-electron chi connectivity index (χ3n) is 5.83. The first-order valence-corrected chi connectivity index (χ1v) is 12.1. The maximum atomic E-state index is 14.0. The average molecular weight is 469 g/mol. The Kier molecular flexibility index (Phi) is 6.93. The lowest BCUT2D eigenvalue weighted by atomic mass is 10.0. The number of amides is 1. The molecule has 0 atom stereocenters. The molecule has 3 heterocycles. The number of nitrogens with one attached hydrogen (secondary N) is 1. The molecule has 33 heavy (non-hydrogen) atoms. The van der Waals surface area contributed by atoms with Crippen molar-refractivity contribution < 1.29 is 13.6 Å². The van der Waals surface area contributed by atoms with Crippen LogP contribution in [0.15, 0.2) is 59.8 Å². The van der Waals surface area contributed by atoms with Crippen molar-refractivity contribution in [2.45, 2.75) is 37.0 Å². The summed E-state index contributed by atoms with van der Waals surface area (Å²) < 4.78 is 28.0. The Morgan fingerprint density at radius 2 is 1.97 bits per heavy atom. The maximum absolute atomic E-state index is 14.0. The van der Waals surface area contributed by atoms with Crippen LogP contribution in [-0.4, -0.2) is 41.1 Å². The number of thioether (sulfide) groups is 1. The van der Waals surface area contributed by atoms with E-state index in [4.69, 9.17) is 0 Å². The van der Waals surface area contributed by atoms with E-state index in [2.05, 4.69) is 15.3 Å². The number of pyridine rings is 2. The summed E-state index contributed by atoms with van der Waals surface area (Å²) in [6, 6.07) is 13.1. The molecule has 1 fully saturated rings. The van der Waals surface area contributed by atoms with Crippen LogP contribution in [0.2, 0.25) is 0 Å². The minimum Gasteiger partial charge on any atom is -0.356 e. The van der Waals surface area contributed by atoms with Gasteiger partial charge in [-0.2, -0.15) is 0 Å². The summed E-state index contributed by atoms with van der Waals surface area (Å²) in [7, 11) is 0. The second-order valence-corrected chi connectivity index (χ2v) is 8.97. The second-order valence-electron chi connectivity index (χ2n) is 8.09. The van der Waals surface area contributed by atoms with Gasteiger partial charge in [0.05, 0.1) is 11.3 Å². The molecule has 0 aliphatic carbocycles. The van der Waals surface area contributed by atoms with E-state index in [1.165, 1.54) is 0 Å². The van der Waals surface area contributed by atoms with Crippen molar-refractivity contribution in [2.24, 2.45) is 0 Å². The lowest BCUT2D eigenvalue weighted by Gasteiger charge is -2.26. The summed E-state index contributed by atoms with van der Waals surface area (Å²) in [5, 5.41) is 2.98. The fourth-order valence-corrected chi connectivity index (χ4v) is 4.51. The summed E-state index contributed by atoms with van der Waals surface area (Å²) in [6.45, 7) is 2.42. The molecule has 1 amide bonds. The monoisotopic (exact) mass is 468 g/mol. The highest BCUT2D eigenvalue weighted by Gasteiger charge is 2.33. The van der Waals surface area contributed by atoms with Crippen LogP contribution in [-0.2, 0) is 0 Å². The van der Waals surface area contributed by atoms with Crippen LogP contribution in [0.1, 0.15) is 35.2 Å². The van der Waals surface area contributed by atoms with Crippen molar-refractivity contribution in [3.05, 3.63) is 66.0 Å². The second kappa shape index (κ2) is 9.87. The van der Waals surface area contributed by atoms with E-state index in [-0.39, 0.29) is 25.3 Å². The van der Waals surface area contributed by atoms with E-state index in [1.54, 1.807) is 24.2 Å². The molecule has 172 valence electrons. The van der Waals surface area contributed by atoms with E-state index in [0.717, 1.165) is 10.5 Å². The highest BCUT2D eigenvalue weighted by atomic mass is 32.2. The molecule has 1 saturated heterocycles.